The summed E-state index contributed by atoms with van der Waals surface area (Å²) in [6, 6.07) is 4.16. The molecule has 0 aliphatic carbocycles. The zero-order valence-corrected chi connectivity index (χ0v) is 12.9. The molecule has 0 atom stereocenters. The van der Waals surface area contributed by atoms with Crippen molar-refractivity contribution in [2.75, 3.05) is 18.2 Å². The van der Waals surface area contributed by atoms with E-state index in [0.717, 1.165) is 0 Å². The number of alkyl halides is 1. The van der Waals surface area contributed by atoms with E-state index in [9.17, 15) is 12.8 Å². The summed E-state index contributed by atoms with van der Waals surface area (Å²) in [5.74, 6) is 4.86. The topological polar surface area (TPSA) is 43.4 Å². The molecule has 0 spiro atoms. The standard InChI is InChI=1S/C14H16ClFO3S/c1-11(2)20(17,18)9-8-19-14-10-12(4-3-7-15)5-6-13(14)16/h5-6,10-11H,7-9H2,1-2H3. The number of sulfone groups is 1. The van der Waals surface area contributed by atoms with Crippen LogP contribution in [0.3, 0.4) is 0 Å². The van der Waals surface area contributed by atoms with Crippen molar-refractivity contribution in [1.29, 1.82) is 0 Å². The highest BCUT2D eigenvalue weighted by Crippen LogP contribution is 2.18. The minimum atomic E-state index is -3.20. The molecular formula is C14H16ClFO3S. The highest BCUT2D eigenvalue weighted by Gasteiger charge is 2.16. The maximum absolute atomic E-state index is 13.5. The third-order valence-electron chi connectivity index (χ3n) is 2.57. The zero-order chi connectivity index (χ0) is 15.2. The molecule has 1 aromatic rings. The number of ether oxygens (including phenoxy) is 1. The van der Waals surface area contributed by atoms with Crippen molar-refractivity contribution in [2.24, 2.45) is 0 Å². The molecule has 0 aliphatic heterocycles. The molecule has 0 heterocycles. The van der Waals surface area contributed by atoms with Gasteiger partial charge in [0.2, 0.25) is 0 Å². The van der Waals surface area contributed by atoms with E-state index in [4.69, 9.17) is 16.3 Å². The van der Waals surface area contributed by atoms with Gasteiger partial charge in [0, 0.05) is 5.56 Å². The Hall–Kier alpha value is -1.25. The SMILES string of the molecule is CC(C)S(=O)(=O)CCOc1cc(C#CCCl)ccc1F. The molecule has 0 N–H and O–H groups in total. The van der Waals surface area contributed by atoms with Gasteiger partial charge < -0.3 is 4.74 Å². The Morgan fingerprint density at radius 2 is 2.10 bits per heavy atom. The molecule has 0 unspecified atom stereocenters. The van der Waals surface area contributed by atoms with Crippen LogP contribution in [0, 0.1) is 17.7 Å². The lowest BCUT2D eigenvalue weighted by Gasteiger charge is -2.10. The van der Waals surface area contributed by atoms with Gasteiger partial charge in [0.1, 0.15) is 6.61 Å². The van der Waals surface area contributed by atoms with Crippen LogP contribution in [0.1, 0.15) is 19.4 Å². The summed E-state index contributed by atoms with van der Waals surface area (Å²) >= 11 is 5.44. The summed E-state index contributed by atoms with van der Waals surface area (Å²) < 4.78 is 41.9. The Morgan fingerprint density at radius 3 is 2.70 bits per heavy atom. The maximum Gasteiger partial charge on any atom is 0.165 e. The molecule has 1 rings (SSSR count). The molecule has 110 valence electrons. The summed E-state index contributed by atoms with van der Waals surface area (Å²) in [4.78, 5) is 0. The number of hydrogen-bond donors (Lipinski definition) is 0. The molecule has 0 aliphatic rings. The highest BCUT2D eigenvalue weighted by molar-refractivity contribution is 7.91. The summed E-state index contributed by atoms with van der Waals surface area (Å²) in [5, 5.41) is -0.475. The van der Waals surface area contributed by atoms with Crippen molar-refractivity contribution in [2.45, 2.75) is 19.1 Å². The van der Waals surface area contributed by atoms with Crippen molar-refractivity contribution in [3.05, 3.63) is 29.6 Å². The third kappa shape index (κ3) is 5.03. The highest BCUT2D eigenvalue weighted by atomic mass is 35.5. The fraction of sp³-hybridized carbons (Fsp3) is 0.429. The van der Waals surface area contributed by atoms with E-state index in [1.54, 1.807) is 13.8 Å². The molecule has 6 heteroatoms. The van der Waals surface area contributed by atoms with Gasteiger partial charge in [-0.25, -0.2) is 12.8 Å². The average molecular weight is 319 g/mol. The number of rotatable bonds is 5. The smallest absolute Gasteiger partial charge is 0.165 e. The van der Waals surface area contributed by atoms with E-state index in [2.05, 4.69) is 11.8 Å². The normalized spacial score (nSPS) is 11.1. The van der Waals surface area contributed by atoms with Crippen LogP contribution in [-0.4, -0.2) is 31.9 Å². The molecule has 0 saturated heterocycles. The monoisotopic (exact) mass is 318 g/mol. The summed E-state index contributed by atoms with van der Waals surface area (Å²) in [6.45, 7) is 3.10. The van der Waals surface area contributed by atoms with Crippen molar-refractivity contribution in [1.82, 2.24) is 0 Å². The first-order valence-corrected chi connectivity index (χ1v) is 8.30. The van der Waals surface area contributed by atoms with E-state index in [0.29, 0.717) is 5.56 Å². The molecule has 0 bridgehead atoms. The van der Waals surface area contributed by atoms with Gasteiger partial charge in [0.15, 0.2) is 21.4 Å². The van der Waals surface area contributed by atoms with Crippen LogP contribution in [0.15, 0.2) is 18.2 Å². The van der Waals surface area contributed by atoms with E-state index < -0.39 is 20.9 Å². The van der Waals surface area contributed by atoms with Crippen LogP contribution in [0.4, 0.5) is 4.39 Å². The van der Waals surface area contributed by atoms with Crippen molar-refractivity contribution in [3.63, 3.8) is 0 Å². The van der Waals surface area contributed by atoms with Gasteiger partial charge in [-0.05, 0) is 32.0 Å². The van der Waals surface area contributed by atoms with Crippen molar-refractivity contribution < 1.29 is 17.5 Å². The molecule has 0 amide bonds. The second-order valence-electron chi connectivity index (χ2n) is 4.34. The molecule has 0 radical (unpaired) electrons. The first kappa shape index (κ1) is 16.8. The van der Waals surface area contributed by atoms with E-state index in [1.165, 1.54) is 18.2 Å². The lowest BCUT2D eigenvalue weighted by Crippen LogP contribution is -2.22. The fourth-order valence-electron chi connectivity index (χ4n) is 1.33. The maximum atomic E-state index is 13.5. The largest absolute Gasteiger partial charge is 0.489 e. The van der Waals surface area contributed by atoms with Gasteiger partial charge in [-0.2, -0.15) is 0 Å². The second-order valence-corrected chi connectivity index (χ2v) is 7.29. The van der Waals surface area contributed by atoms with Crippen LogP contribution < -0.4 is 4.74 Å². The Bertz CT molecular complexity index is 615. The molecule has 20 heavy (non-hydrogen) atoms. The van der Waals surface area contributed by atoms with Gasteiger partial charge >= 0.3 is 0 Å². The molecule has 0 fully saturated rings. The van der Waals surface area contributed by atoms with Gasteiger partial charge in [-0.3, -0.25) is 0 Å². The molecular weight excluding hydrogens is 303 g/mol. The molecule has 3 nitrogen and oxygen atoms in total. The Labute approximate surface area is 124 Å². The van der Waals surface area contributed by atoms with Crippen LogP contribution in [0.5, 0.6) is 5.75 Å². The lowest BCUT2D eigenvalue weighted by molar-refractivity contribution is 0.322. The van der Waals surface area contributed by atoms with Crippen LogP contribution >= 0.6 is 11.6 Å². The van der Waals surface area contributed by atoms with Gasteiger partial charge in [0.05, 0.1) is 16.9 Å². The Morgan fingerprint density at radius 1 is 1.40 bits per heavy atom. The Balaban J connectivity index is 2.73. The molecule has 0 aromatic heterocycles. The van der Waals surface area contributed by atoms with E-state index in [-0.39, 0.29) is 24.0 Å². The first-order valence-electron chi connectivity index (χ1n) is 6.05. The van der Waals surface area contributed by atoms with Gasteiger partial charge in [0.25, 0.3) is 0 Å². The van der Waals surface area contributed by atoms with Crippen molar-refractivity contribution in [3.8, 4) is 17.6 Å². The predicted molar refractivity (Wildman–Crippen MR) is 78.4 cm³/mol. The summed E-state index contributed by atoms with van der Waals surface area (Å²) in [5.41, 5.74) is 0.564. The molecule has 1 aromatic carbocycles. The lowest BCUT2D eigenvalue weighted by atomic mass is 10.2. The first-order chi connectivity index (χ1) is 9.36. The summed E-state index contributed by atoms with van der Waals surface area (Å²) in [7, 11) is -3.20. The van der Waals surface area contributed by atoms with Crippen LogP contribution in [0.2, 0.25) is 0 Å². The second kappa shape index (κ2) is 7.51. The third-order valence-corrected chi connectivity index (χ3v) is 4.88. The van der Waals surface area contributed by atoms with Crippen LogP contribution in [-0.2, 0) is 9.84 Å². The molecule has 0 saturated carbocycles. The van der Waals surface area contributed by atoms with E-state index in [1.807, 2.05) is 0 Å². The fourth-order valence-corrected chi connectivity index (χ4v) is 2.18. The van der Waals surface area contributed by atoms with Gasteiger partial charge in [-0.1, -0.05) is 11.8 Å². The predicted octanol–water partition coefficient (Wildman–Crippen LogP) is 2.62. The van der Waals surface area contributed by atoms with Crippen molar-refractivity contribution >= 4 is 21.4 Å². The van der Waals surface area contributed by atoms with Crippen LogP contribution in [0.25, 0.3) is 0 Å². The number of halogens is 2. The quantitative estimate of drug-likeness (QED) is 0.619. The van der Waals surface area contributed by atoms with E-state index >= 15 is 0 Å². The zero-order valence-electron chi connectivity index (χ0n) is 11.3. The minimum absolute atomic E-state index is 0.00896. The minimum Gasteiger partial charge on any atom is -0.489 e. The van der Waals surface area contributed by atoms with Gasteiger partial charge in [-0.15, -0.1) is 11.6 Å². The average Bonchev–Trinajstić information content (AvgIpc) is 2.39. The number of benzene rings is 1. The summed E-state index contributed by atoms with van der Waals surface area (Å²) in [6.07, 6.45) is 0. The Kier molecular flexibility index (Phi) is 6.31. The number of hydrogen-bond acceptors (Lipinski definition) is 3.